The maximum Gasteiger partial charge on any atom is 0.331 e. The maximum atomic E-state index is 13.7. The zero-order valence-corrected chi connectivity index (χ0v) is 13.6. The van der Waals surface area contributed by atoms with Gasteiger partial charge in [0, 0.05) is 19.3 Å². The third kappa shape index (κ3) is 3.70. The molecule has 8 heteroatoms. The van der Waals surface area contributed by atoms with Gasteiger partial charge >= 0.3 is 5.69 Å². The zero-order chi connectivity index (χ0) is 17.9. The van der Waals surface area contributed by atoms with Crippen LogP contribution in [0.2, 0.25) is 0 Å². The van der Waals surface area contributed by atoms with Gasteiger partial charge in [0.15, 0.2) is 11.6 Å². The largest absolute Gasteiger partial charge is 0.494 e. The van der Waals surface area contributed by atoms with E-state index in [1.807, 2.05) is 0 Å². The van der Waals surface area contributed by atoms with Crippen molar-refractivity contribution in [2.75, 3.05) is 7.11 Å². The first-order chi connectivity index (χ1) is 11.3. The van der Waals surface area contributed by atoms with Crippen molar-refractivity contribution in [1.82, 2.24) is 14.5 Å². The van der Waals surface area contributed by atoms with Crippen LogP contribution in [-0.4, -0.2) is 22.2 Å². The topological polar surface area (TPSA) is 82.3 Å². The van der Waals surface area contributed by atoms with Gasteiger partial charge in [-0.2, -0.15) is 0 Å². The first-order valence-electron chi connectivity index (χ1n) is 7.22. The number of aromatic nitrogens is 2. The summed E-state index contributed by atoms with van der Waals surface area (Å²) in [6.07, 6.45) is 1.27. The molecule has 1 N–H and O–H groups in total. The molecule has 1 aromatic heterocycles. The number of hydrogen-bond acceptors (Lipinski definition) is 4. The highest BCUT2D eigenvalue weighted by Crippen LogP contribution is 2.21. The number of ether oxygens (including phenoxy) is 1. The second-order valence-electron chi connectivity index (χ2n) is 5.31. The Morgan fingerprint density at radius 1 is 1.33 bits per heavy atom. The van der Waals surface area contributed by atoms with Gasteiger partial charge in [0.2, 0.25) is 5.91 Å². The summed E-state index contributed by atoms with van der Waals surface area (Å²) in [4.78, 5) is 35.3. The molecule has 0 bridgehead atoms. The normalized spacial score (nSPS) is 11.8. The van der Waals surface area contributed by atoms with Gasteiger partial charge < -0.3 is 10.1 Å². The van der Waals surface area contributed by atoms with Crippen LogP contribution in [0.1, 0.15) is 18.5 Å². The lowest BCUT2D eigenvalue weighted by atomic mass is 10.1. The van der Waals surface area contributed by atoms with Gasteiger partial charge in [-0.05, 0) is 24.6 Å². The lowest BCUT2D eigenvalue weighted by molar-refractivity contribution is -0.122. The number of carbonyl (C=O) groups excluding carboxylic acids is 1. The lowest BCUT2D eigenvalue weighted by Gasteiger charge is -2.16. The SMILES string of the molecule is COc1ccc([C@H](C)NC(=O)Cn2ccc(=O)n(C)c2=O)cc1F. The first kappa shape index (κ1) is 17.5. The van der Waals surface area contributed by atoms with Crippen LogP contribution in [0.4, 0.5) is 4.39 Å². The van der Waals surface area contributed by atoms with Gasteiger partial charge in [-0.25, -0.2) is 9.18 Å². The molecule has 1 atom stereocenters. The number of hydrogen-bond donors (Lipinski definition) is 1. The minimum absolute atomic E-state index is 0.119. The fourth-order valence-electron chi connectivity index (χ4n) is 2.21. The molecule has 1 aromatic carbocycles. The van der Waals surface area contributed by atoms with E-state index in [4.69, 9.17) is 4.74 Å². The van der Waals surface area contributed by atoms with E-state index in [2.05, 4.69) is 5.32 Å². The van der Waals surface area contributed by atoms with Gasteiger partial charge in [-0.15, -0.1) is 0 Å². The van der Waals surface area contributed by atoms with E-state index in [9.17, 15) is 18.8 Å². The molecule has 7 nitrogen and oxygen atoms in total. The Hall–Kier alpha value is -2.90. The third-order valence-corrected chi connectivity index (χ3v) is 3.63. The van der Waals surface area contributed by atoms with Crippen molar-refractivity contribution in [3.05, 3.63) is 62.7 Å². The number of methoxy groups -OCH3 is 1. The van der Waals surface area contributed by atoms with E-state index in [0.717, 1.165) is 9.13 Å². The van der Waals surface area contributed by atoms with E-state index in [1.165, 1.54) is 38.6 Å². The summed E-state index contributed by atoms with van der Waals surface area (Å²) in [6.45, 7) is 1.46. The quantitative estimate of drug-likeness (QED) is 0.866. The van der Waals surface area contributed by atoms with Crippen LogP contribution >= 0.6 is 0 Å². The fourth-order valence-corrected chi connectivity index (χ4v) is 2.21. The van der Waals surface area contributed by atoms with Crippen molar-refractivity contribution in [2.45, 2.75) is 19.5 Å². The average Bonchev–Trinajstić information content (AvgIpc) is 2.55. The molecule has 0 saturated carbocycles. The summed E-state index contributed by atoms with van der Waals surface area (Å²) >= 11 is 0. The molecule has 128 valence electrons. The van der Waals surface area contributed by atoms with Crippen molar-refractivity contribution in [3.63, 3.8) is 0 Å². The van der Waals surface area contributed by atoms with E-state index >= 15 is 0 Å². The van der Waals surface area contributed by atoms with Crippen LogP contribution in [0.3, 0.4) is 0 Å². The molecular formula is C16H18FN3O4. The summed E-state index contributed by atoms with van der Waals surface area (Å²) < 4.78 is 20.6. The standard InChI is InChI=1S/C16H18FN3O4/c1-10(11-4-5-13(24-3)12(17)8-11)18-14(21)9-20-7-6-15(22)19(2)16(20)23/h4-8,10H,9H2,1-3H3,(H,18,21)/t10-/m0/s1. The summed E-state index contributed by atoms with van der Waals surface area (Å²) in [5, 5.41) is 2.68. The number of rotatable bonds is 5. The average molecular weight is 335 g/mol. The van der Waals surface area contributed by atoms with Crippen molar-refractivity contribution in [1.29, 1.82) is 0 Å². The van der Waals surface area contributed by atoms with Gasteiger partial charge in [0.25, 0.3) is 5.56 Å². The maximum absolute atomic E-state index is 13.7. The molecule has 1 heterocycles. The molecule has 0 spiro atoms. The summed E-state index contributed by atoms with van der Waals surface area (Å²) in [7, 11) is 2.70. The van der Waals surface area contributed by atoms with E-state index < -0.39 is 29.0 Å². The number of carbonyl (C=O) groups is 1. The number of benzene rings is 1. The molecule has 24 heavy (non-hydrogen) atoms. The molecule has 0 unspecified atom stereocenters. The highest BCUT2D eigenvalue weighted by Gasteiger charge is 2.13. The minimum Gasteiger partial charge on any atom is -0.494 e. The molecule has 0 aliphatic rings. The molecule has 0 saturated heterocycles. The molecule has 0 aliphatic carbocycles. The van der Waals surface area contributed by atoms with Gasteiger partial charge in [0.1, 0.15) is 6.54 Å². The summed E-state index contributed by atoms with van der Waals surface area (Å²) in [5.74, 6) is -0.834. The van der Waals surface area contributed by atoms with Gasteiger partial charge in [-0.1, -0.05) is 6.07 Å². The van der Waals surface area contributed by atoms with E-state index in [1.54, 1.807) is 13.0 Å². The number of halogens is 1. The Bertz CT molecular complexity index is 872. The van der Waals surface area contributed by atoms with Crippen molar-refractivity contribution >= 4 is 5.91 Å². The molecule has 0 fully saturated rings. The second kappa shape index (κ2) is 7.12. The Labute approximate surface area is 137 Å². The fraction of sp³-hybridized carbons (Fsp3) is 0.312. The number of nitrogens with one attached hydrogen (secondary N) is 1. The van der Waals surface area contributed by atoms with E-state index in [0.29, 0.717) is 5.56 Å². The molecule has 0 radical (unpaired) electrons. The highest BCUT2D eigenvalue weighted by molar-refractivity contribution is 5.76. The third-order valence-electron chi connectivity index (χ3n) is 3.63. The van der Waals surface area contributed by atoms with Crippen LogP contribution in [-0.2, 0) is 18.4 Å². The van der Waals surface area contributed by atoms with Crippen LogP contribution in [0.15, 0.2) is 40.1 Å². The molecule has 0 aliphatic heterocycles. The predicted octanol–water partition coefficient (Wildman–Crippen LogP) is 0.572. The second-order valence-corrected chi connectivity index (χ2v) is 5.31. The monoisotopic (exact) mass is 335 g/mol. The first-order valence-corrected chi connectivity index (χ1v) is 7.22. The van der Waals surface area contributed by atoms with Crippen molar-refractivity contribution in [2.24, 2.45) is 7.05 Å². The molecule has 1 amide bonds. The van der Waals surface area contributed by atoms with Crippen molar-refractivity contribution in [3.8, 4) is 5.75 Å². The minimum atomic E-state index is -0.583. The predicted molar refractivity (Wildman–Crippen MR) is 85.5 cm³/mol. The highest BCUT2D eigenvalue weighted by atomic mass is 19.1. The van der Waals surface area contributed by atoms with Crippen LogP contribution in [0, 0.1) is 5.82 Å². The Kier molecular flexibility index (Phi) is 5.18. The Morgan fingerprint density at radius 2 is 2.04 bits per heavy atom. The van der Waals surface area contributed by atoms with Gasteiger partial charge in [-0.3, -0.25) is 18.7 Å². The zero-order valence-electron chi connectivity index (χ0n) is 13.6. The van der Waals surface area contributed by atoms with Crippen LogP contribution in [0.5, 0.6) is 5.75 Å². The van der Waals surface area contributed by atoms with Crippen LogP contribution in [0.25, 0.3) is 0 Å². The summed E-state index contributed by atoms with van der Waals surface area (Å²) in [5.41, 5.74) is -0.464. The molecular weight excluding hydrogens is 317 g/mol. The Morgan fingerprint density at radius 3 is 2.67 bits per heavy atom. The lowest BCUT2D eigenvalue weighted by Crippen LogP contribution is -2.40. The number of nitrogens with zero attached hydrogens (tertiary/aromatic N) is 2. The van der Waals surface area contributed by atoms with Gasteiger partial charge in [0.05, 0.1) is 13.2 Å². The Balaban J connectivity index is 2.09. The summed E-state index contributed by atoms with van der Waals surface area (Å²) in [6, 6.07) is 5.15. The van der Waals surface area contributed by atoms with E-state index in [-0.39, 0.29) is 12.3 Å². The molecule has 2 aromatic rings. The van der Waals surface area contributed by atoms with Crippen LogP contribution < -0.4 is 21.3 Å². The number of amides is 1. The van der Waals surface area contributed by atoms with Crippen molar-refractivity contribution < 1.29 is 13.9 Å². The molecule has 2 rings (SSSR count). The smallest absolute Gasteiger partial charge is 0.331 e.